The first-order valence-corrected chi connectivity index (χ1v) is 14.3. The van der Waals surface area contributed by atoms with Crippen molar-refractivity contribution in [3.63, 3.8) is 0 Å². The molecule has 1 saturated carbocycles. The number of carbonyl (C=O) groups is 1. The lowest BCUT2D eigenvalue weighted by Crippen LogP contribution is -2.32. The molecule has 0 unspecified atom stereocenters. The van der Waals surface area contributed by atoms with E-state index >= 15 is 0 Å². The van der Waals surface area contributed by atoms with E-state index in [-0.39, 0.29) is 5.91 Å². The summed E-state index contributed by atoms with van der Waals surface area (Å²) in [6, 6.07) is 17.8. The Hall–Kier alpha value is -2.44. The van der Waals surface area contributed by atoms with Crippen molar-refractivity contribution in [2.75, 3.05) is 26.9 Å². The summed E-state index contributed by atoms with van der Waals surface area (Å²) in [5.74, 6) is 1.35. The monoisotopic (exact) mass is 589 g/mol. The molecule has 3 aromatic carbocycles. The Kier molecular flexibility index (Phi) is 10.8. The zero-order valence-corrected chi connectivity index (χ0v) is 24.6. The van der Waals surface area contributed by atoms with Crippen LogP contribution in [0.1, 0.15) is 41.5 Å². The molecule has 1 fully saturated rings. The number of benzene rings is 3. The third-order valence-electron chi connectivity index (χ3n) is 6.65. The average molecular weight is 591 g/mol. The van der Waals surface area contributed by atoms with Crippen molar-refractivity contribution in [1.29, 1.82) is 0 Å². The van der Waals surface area contributed by atoms with E-state index in [1.165, 1.54) is 0 Å². The molecule has 0 atom stereocenters. The van der Waals surface area contributed by atoms with Gasteiger partial charge in [-0.2, -0.15) is 0 Å². The summed E-state index contributed by atoms with van der Waals surface area (Å²) in [5.41, 5.74) is 4.21. The molecule has 3 aromatic rings. The first-order valence-electron chi connectivity index (χ1n) is 13.2. The van der Waals surface area contributed by atoms with Crippen LogP contribution in [0.4, 0.5) is 0 Å². The zero-order valence-electron chi connectivity index (χ0n) is 22.4. The van der Waals surface area contributed by atoms with E-state index in [9.17, 15) is 4.79 Å². The maximum Gasteiger partial charge on any atom is 0.223 e. The standard InChI is InChI=1S/C31H34Cl3NO4/c1-21-17-28(33)31(29(34)18-21)39-16-15-38-26-9-3-22(4-10-26)6-12-30(36)35(25-7-8-25)20-24-19-23(13-14-37-2)5-11-27(24)32/h3-5,9-11,17-19,25H,6-8,12-16,20H2,1-2H3. The van der Waals surface area contributed by atoms with Crippen LogP contribution in [0.15, 0.2) is 54.6 Å². The smallest absolute Gasteiger partial charge is 0.223 e. The van der Waals surface area contributed by atoms with E-state index in [4.69, 9.17) is 49.0 Å². The Morgan fingerprint density at radius 2 is 1.51 bits per heavy atom. The lowest BCUT2D eigenvalue weighted by Gasteiger charge is -2.23. The Morgan fingerprint density at radius 1 is 0.846 bits per heavy atom. The molecule has 39 heavy (non-hydrogen) atoms. The topological polar surface area (TPSA) is 48.0 Å². The fourth-order valence-electron chi connectivity index (χ4n) is 4.39. The van der Waals surface area contributed by atoms with E-state index < -0.39 is 0 Å². The molecule has 208 valence electrons. The van der Waals surface area contributed by atoms with Crippen LogP contribution in [0.2, 0.25) is 15.1 Å². The van der Waals surface area contributed by atoms with Crippen LogP contribution in [0.25, 0.3) is 0 Å². The van der Waals surface area contributed by atoms with Gasteiger partial charge in [-0.05, 0) is 85.2 Å². The van der Waals surface area contributed by atoms with E-state index in [1.807, 2.05) is 60.4 Å². The lowest BCUT2D eigenvalue weighted by molar-refractivity contribution is -0.132. The van der Waals surface area contributed by atoms with Gasteiger partial charge in [-0.25, -0.2) is 0 Å². The van der Waals surface area contributed by atoms with E-state index in [2.05, 4.69) is 6.07 Å². The number of halogens is 3. The van der Waals surface area contributed by atoms with Crippen LogP contribution in [0.3, 0.4) is 0 Å². The molecular weight excluding hydrogens is 557 g/mol. The number of ether oxygens (including phenoxy) is 3. The number of methoxy groups -OCH3 is 1. The first kappa shape index (κ1) is 29.5. The first-order chi connectivity index (χ1) is 18.8. The number of hydrogen-bond acceptors (Lipinski definition) is 4. The number of hydrogen-bond donors (Lipinski definition) is 0. The van der Waals surface area contributed by atoms with Gasteiger partial charge in [-0.15, -0.1) is 0 Å². The molecule has 0 bridgehead atoms. The molecule has 1 amide bonds. The minimum absolute atomic E-state index is 0.154. The second-order valence-electron chi connectivity index (χ2n) is 9.82. The van der Waals surface area contributed by atoms with Crippen molar-refractivity contribution < 1.29 is 19.0 Å². The Bertz CT molecular complexity index is 1240. The summed E-state index contributed by atoms with van der Waals surface area (Å²) in [4.78, 5) is 15.2. The maximum absolute atomic E-state index is 13.2. The number of nitrogens with zero attached hydrogens (tertiary/aromatic N) is 1. The molecule has 4 rings (SSSR count). The SMILES string of the molecule is COCCc1ccc(Cl)c(CN(C(=O)CCc2ccc(OCCOc3c(Cl)cc(C)cc3Cl)cc2)C2CC2)c1. The largest absolute Gasteiger partial charge is 0.490 e. The van der Waals surface area contributed by atoms with Crippen molar-refractivity contribution in [3.8, 4) is 11.5 Å². The Morgan fingerprint density at radius 3 is 2.18 bits per heavy atom. The second kappa shape index (κ2) is 14.3. The van der Waals surface area contributed by atoms with Gasteiger partial charge >= 0.3 is 0 Å². The fourth-order valence-corrected chi connectivity index (χ4v) is 5.27. The molecule has 0 radical (unpaired) electrons. The summed E-state index contributed by atoms with van der Waals surface area (Å²) < 4.78 is 16.7. The van der Waals surface area contributed by atoms with Crippen LogP contribution in [0.5, 0.6) is 11.5 Å². The normalized spacial score (nSPS) is 12.8. The molecule has 0 aromatic heterocycles. The van der Waals surface area contributed by atoms with Gasteiger partial charge in [0, 0.05) is 31.1 Å². The highest BCUT2D eigenvalue weighted by atomic mass is 35.5. The van der Waals surface area contributed by atoms with Crippen LogP contribution < -0.4 is 9.47 Å². The average Bonchev–Trinajstić information content (AvgIpc) is 3.75. The van der Waals surface area contributed by atoms with Crippen molar-refractivity contribution in [2.24, 2.45) is 0 Å². The van der Waals surface area contributed by atoms with Gasteiger partial charge in [0.2, 0.25) is 5.91 Å². The van der Waals surface area contributed by atoms with Gasteiger partial charge in [0.1, 0.15) is 19.0 Å². The van der Waals surface area contributed by atoms with E-state index in [0.717, 1.165) is 47.3 Å². The van der Waals surface area contributed by atoms with Crippen LogP contribution >= 0.6 is 34.8 Å². The van der Waals surface area contributed by atoms with Crippen molar-refractivity contribution in [1.82, 2.24) is 4.90 Å². The van der Waals surface area contributed by atoms with Crippen LogP contribution in [-0.4, -0.2) is 43.8 Å². The summed E-state index contributed by atoms with van der Waals surface area (Å²) >= 11 is 18.9. The molecule has 0 saturated heterocycles. The number of carbonyl (C=O) groups excluding carboxylic acids is 1. The molecule has 8 heteroatoms. The fraction of sp³-hybridized carbons (Fsp3) is 0.387. The minimum atomic E-state index is 0.154. The molecule has 0 heterocycles. The summed E-state index contributed by atoms with van der Waals surface area (Å²) in [5, 5.41) is 1.66. The molecule has 0 aliphatic heterocycles. The van der Waals surface area contributed by atoms with E-state index in [0.29, 0.717) is 66.1 Å². The Balaban J connectivity index is 1.25. The van der Waals surface area contributed by atoms with Gasteiger partial charge in [0.25, 0.3) is 0 Å². The Labute approximate surface area is 245 Å². The molecule has 0 N–H and O–H groups in total. The number of aryl methyl sites for hydroxylation is 2. The quantitative estimate of drug-likeness (QED) is 0.180. The molecule has 1 aliphatic carbocycles. The molecular formula is C31H34Cl3NO4. The third kappa shape index (κ3) is 8.77. The summed E-state index contributed by atoms with van der Waals surface area (Å²) in [6.45, 7) is 3.78. The summed E-state index contributed by atoms with van der Waals surface area (Å²) in [7, 11) is 1.70. The summed E-state index contributed by atoms with van der Waals surface area (Å²) in [6.07, 6.45) is 4.02. The predicted molar refractivity (Wildman–Crippen MR) is 158 cm³/mol. The molecule has 5 nitrogen and oxygen atoms in total. The van der Waals surface area contributed by atoms with Gasteiger partial charge in [0.05, 0.1) is 16.7 Å². The highest BCUT2D eigenvalue weighted by Gasteiger charge is 2.32. The number of rotatable bonds is 14. The van der Waals surface area contributed by atoms with Gasteiger partial charge in [-0.3, -0.25) is 4.79 Å². The minimum Gasteiger partial charge on any atom is -0.490 e. The second-order valence-corrected chi connectivity index (χ2v) is 11.0. The third-order valence-corrected chi connectivity index (χ3v) is 7.58. The van der Waals surface area contributed by atoms with Crippen molar-refractivity contribution in [2.45, 2.75) is 51.6 Å². The van der Waals surface area contributed by atoms with Gasteiger partial charge in [-0.1, -0.05) is 59.1 Å². The van der Waals surface area contributed by atoms with Crippen molar-refractivity contribution in [3.05, 3.63) is 91.9 Å². The van der Waals surface area contributed by atoms with Crippen molar-refractivity contribution >= 4 is 40.7 Å². The zero-order chi connectivity index (χ0) is 27.8. The highest BCUT2D eigenvalue weighted by Crippen LogP contribution is 2.34. The van der Waals surface area contributed by atoms with Gasteiger partial charge < -0.3 is 19.1 Å². The highest BCUT2D eigenvalue weighted by molar-refractivity contribution is 6.37. The molecule has 0 spiro atoms. The van der Waals surface area contributed by atoms with Crippen LogP contribution in [0, 0.1) is 6.92 Å². The van der Waals surface area contributed by atoms with Crippen LogP contribution in [-0.2, 0) is 28.9 Å². The predicted octanol–water partition coefficient (Wildman–Crippen LogP) is 7.73. The molecule has 1 aliphatic rings. The van der Waals surface area contributed by atoms with E-state index in [1.54, 1.807) is 7.11 Å². The van der Waals surface area contributed by atoms with Gasteiger partial charge in [0.15, 0.2) is 5.75 Å². The lowest BCUT2D eigenvalue weighted by atomic mass is 10.1. The maximum atomic E-state index is 13.2. The number of amides is 1.